The second-order valence-corrected chi connectivity index (χ2v) is 6.52. The number of carbonyl (C=O) groups excluding carboxylic acids is 1. The smallest absolute Gasteiger partial charge is 0.327 e. The van der Waals surface area contributed by atoms with Crippen molar-refractivity contribution in [1.29, 1.82) is 0 Å². The number of esters is 1. The molecule has 1 aliphatic carbocycles. The van der Waals surface area contributed by atoms with Crippen LogP contribution in [-0.4, -0.2) is 48.7 Å². The monoisotopic (exact) mass is 284 g/mol. The van der Waals surface area contributed by atoms with Crippen LogP contribution in [0, 0.1) is 5.92 Å². The van der Waals surface area contributed by atoms with Crippen molar-refractivity contribution in [2.45, 2.75) is 65.0 Å². The molecule has 1 fully saturated rings. The third-order valence-electron chi connectivity index (χ3n) is 4.79. The number of nitrogens with zero attached hydrogens (tertiary/aromatic N) is 1. The standard InChI is InChI=1S/C16H32N2O2/c1-7-15(4,5)18(6)12-16(17-8-2,13-10-11-13)14(19)20-9-3/h13,17H,7-12H2,1-6H3. The van der Waals surface area contributed by atoms with E-state index in [4.69, 9.17) is 4.74 Å². The largest absolute Gasteiger partial charge is 0.465 e. The lowest BCUT2D eigenvalue weighted by atomic mass is 9.89. The summed E-state index contributed by atoms with van der Waals surface area (Å²) in [6, 6.07) is 0. The minimum atomic E-state index is -0.536. The van der Waals surface area contributed by atoms with Crippen molar-refractivity contribution >= 4 is 5.97 Å². The summed E-state index contributed by atoms with van der Waals surface area (Å²) in [5, 5.41) is 3.45. The van der Waals surface area contributed by atoms with Gasteiger partial charge in [-0.05, 0) is 59.5 Å². The van der Waals surface area contributed by atoms with Gasteiger partial charge in [-0.1, -0.05) is 13.8 Å². The molecular formula is C16H32N2O2. The Balaban J connectivity index is 2.94. The van der Waals surface area contributed by atoms with Crippen LogP contribution in [0.25, 0.3) is 0 Å². The SMILES string of the molecule is CCNC(CN(C)C(C)(C)CC)(C(=O)OCC)C1CC1. The van der Waals surface area contributed by atoms with Gasteiger partial charge in [-0.2, -0.15) is 0 Å². The summed E-state index contributed by atoms with van der Waals surface area (Å²) < 4.78 is 5.38. The Morgan fingerprint density at radius 3 is 2.30 bits per heavy atom. The maximum absolute atomic E-state index is 12.6. The van der Waals surface area contributed by atoms with E-state index in [1.54, 1.807) is 0 Å². The molecule has 118 valence electrons. The molecule has 0 aliphatic heterocycles. The molecule has 0 saturated heterocycles. The second kappa shape index (κ2) is 6.90. The Kier molecular flexibility index (Phi) is 6.02. The van der Waals surface area contributed by atoms with Gasteiger partial charge in [0.1, 0.15) is 5.54 Å². The molecule has 1 rings (SSSR count). The van der Waals surface area contributed by atoms with Gasteiger partial charge < -0.3 is 10.1 Å². The lowest BCUT2D eigenvalue weighted by Gasteiger charge is -2.42. The first-order valence-electron chi connectivity index (χ1n) is 7.97. The highest BCUT2D eigenvalue weighted by Gasteiger charge is 2.52. The maximum Gasteiger partial charge on any atom is 0.327 e. The minimum Gasteiger partial charge on any atom is -0.465 e. The number of hydrogen-bond acceptors (Lipinski definition) is 4. The number of hydrogen-bond donors (Lipinski definition) is 1. The molecular weight excluding hydrogens is 252 g/mol. The van der Waals surface area contributed by atoms with Crippen LogP contribution in [0.1, 0.15) is 53.9 Å². The molecule has 0 spiro atoms. The van der Waals surface area contributed by atoms with E-state index < -0.39 is 5.54 Å². The Morgan fingerprint density at radius 1 is 1.30 bits per heavy atom. The third-order valence-corrected chi connectivity index (χ3v) is 4.79. The van der Waals surface area contributed by atoms with Gasteiger partial charge in [-0.15, -0.1) is 0 Å². The molecule has 0 bridgehead atoms. The zero-order valence-electron chi connectivity index (χ0n) is 14.1. The van der Waals surface area contributed by atoms with Gasteiger partial charge in [0.2, 0.25) is 0 Å². The van der Waals surface area contributed by atoms with Gasteiger partial charge in [0.05, 0.1) is 6.61 Å². The van der Waals surface area contributed by atoms with Crippen LogP contribution < -0.4 is 5.32 Å². The second-order valence-electron chi connectivity index (χ2n) is 6.52. The predicted octanol–water partition coefficient (Wildman–Crippen LogP) is 2.43. The molecule has 4 nitrogen and oxygen atoms in total. The molecule has 0 heterocycles. The van der Waals surface area contributed by atoms with Crippen molar-refractivity contribution in [2.24, 2.45) is 5.92 Å². The Morgan fingerprint density at radius 2 is 1.90 bits per heavy atom. The number of carbonyl (C=O) groups is 1. The Hall–Kier alpha value is -0.610. The van der Waals surface area contributed by atoms with Crippen LogP contribution in [-0.2, 0) is 9.53 Å². The number of rotatable bonds is 9. The molecule has 1 unspecified atom stereocenters. The summed E-state index contributed by atoms with van der Waals surface area (Å²) in [6.07, 6.45) is 3.29. The molecule has 0 aromatic carbocycles. The van der Waals surface area contributed by atoms with E-state index in [1.807, 2.05) is 6.92 Å². The molecule has 0 aromatic rings. The molecule has 1 N–H and O–H groups in total. The van der Waals surface area contributed by atoms with Gasteiger partial charge in [-0.3, -0.25) is 4.90 Å². The highest BCUT2D eigenvalue weighted by molar-refractivity contribution is 5.82. The quantitative estimate of drug-likeness (QED) is 0.660. The van der Waals surface area contributed by atoms with Crippen LogP contribution in [0.2, 0.25) is 0 Å². The summed E-state index contributed by atoms with van der Waals surface area (Å²) in [4.78, 5) is 14.9. The average Bonchev–Trinajstić information content (AvgIpc) is 3.22. The molecule has 0 aromatic heterocycles. The fourth-order valence-corrected chi connectivity index (χ4v) is 2.64. The fraction of sp³-hybridized carbons (Fsp3) is 0.938. The van der Waals surface area contributed by atoms with Crippen molar-refractivity contribution in [3.05, 3.63) is 0 Å². The van der Waals surface area contributed by atoms with Crippen molar-refractivity contribution < 1.29 is 9.53 Å². The lowest BCUT2D eigenvalue weighted by Crippen LogP contribution is -2.63. The van der Waals surface area contributed by atoms with Gasteiger partial charge >= 0.3 is 5.97 Å². The van der Waals surface area contributed by atoms with Crippen molar-refractivity contribution in [1.82, 2.24) is 10.2 Å². The number of likely N-dealkylation sites (N-methyl/N-ethyl adjacent to an activating group) is 2. The van der Waals surface area contributed by atoms with Gasteiger partial charge in [0, 0.05) is 12.1 Å². The Labute approximate surface area is 124 Å². The van der Waals surface area contributed by atoms with Gasteiger partial charge in [-0.25, -0.2) is 4.79 Å². The summed E-state index contributed by atoms with van der Waals surface area (Å²) in [5.41, 5.74) is -0.450. The van der Waals surface area contributed by atoms with Crippen LogP contribution in [0.4, 0.5) is 0 Å². The van der Waals surface area contributed by atoms with E-state index in [0.29, 0.717) is 19.1 Å². The van der Waals surface area contributed by atoms with Crippen molar-refractivity contribution in [3.63, 3.8) is 0 Å². The molecule has 4 heteroatoms. The van der Waals surface area contributed by atoms with Crippen LogP contribution in [0.3, 0.4) is 0 Å². The third kappa shape index (κ3) is 3.73. The van der Waals surface area contributed by atoms with Gasteiger partial charge in [0.15, 0.2) is 0 Å². The van der Waals surface area contributed by atoms with E-state index >= 15 is 0 Å². The van der Waals surface area contributed by atoms with E-state index in [9.17, 15) is 4.79 Å². The normalized spacial score (nSPS) is 18.9. The topological polar surface area (TPSA) is 41.6 Å². The summed E-state index contributed by atoms with van der Waals surface area (Å²) in [5.74, 6) is 0.333. The zero-order chi connectivity index (χ0) is 15.4. The lowest BCUT2D eigenvalue weighted by molar-refractivity contribution is -0.154. The van der Waals surface area contributed by atoms with E-state index in [-0.39, 0.29) is 11.5 Å². The van der Waals surface area contributed by atoms with Crippen molar-refractivity contribution in [3.8, 4) is 0 Å². The van der Waals surface area contributed by atoms with E-state index in [2.05, 4.69) is 45.0 Å². The highest BCUT2D eigenvalue weighted by Crippen LogP contribution is 2.41. The maximum atomic E-state index is 12.6. The average molecular weight is 284 g/mol. The molecule has 0 amide bonds. The highest BCUT2D eigenvalue weighted by atomic mass is 16.5. The van der Waals surface area contributed by atoms with Gasteiger partial charge in [0.25, 0.3) is 0 Å². The predicted molar refractivity (Wildman–Crippen MR) is 82.8 cm³/mol. The van der Waals surface area contributed by atoms with E-state index in [0.717, 1.165) is 25.8 Å². The first-order chi connectivity index (χ1) is 9.34. The van der Waals surface area contributed by atoms with Crippen LogP contribution in [0.15, 0.2) is 0 Å². The molecule has 20 heavy (non-hydrogen) atoms. The molecule has 1 saturated carbocycles. The summed E-state index contributed by atoms with van der Waals surface area (Å²) in [6.45, 7) is 12.5. The number of ether oxygens (including phenoxy) is 1. The van der Waals surface area contributed by atoms with Crippen molar-refractivity contribution in [2.75, 3.05) is 26.7 Å². The van der Waals surface area contributed by atoms with Crippen LogP contribution >= 0.6 is 0 Å². The summed E-state index contributed by atoms with van der Waals surface area (Å²) >= 11 is 0. The number of nitrogens with one attached hydrogen (secondary N) is 1. The van der Waals surface area contributed by atoms with E-state index in [1.165, 1.54) is 0 Å². The first kappa shape index (κ1) is 17.4. The Bertz CT molecular complexity index is 326. The first-order valence-corrected chi connectivity index (χ1v) is 7.97. The summed E-state index contributed by atoms with van der Waals surface area (Å²) in [7, 11) is 2.11. The molecule has 1 atom stereocenters. The zero-order valence-corrected chi connectivity index (χ0v) is 14.1. The fourth-order valence-electron chi connectivity index (χ4n) is 2.64. The minimum absolute atomic E-state index is 0.0805. The van der Waals surface area contributed by atoms with Crippen LogP contribution in [0.5, 0.6) is 0 Å². The molecule has 0 radical (unpaired) electrons. The molecule has 1 aliphatic rings.